The molecule has 0 aliphatic heterocycles. The zero-order chi connectivity index (χ0) is 14.6. The van der Waals surface area contributed by atoms with Crippen LogP contribution in [-0.4, -0.2) is 12.6 Å². The van der Waals surface area contributed by atoms with E-state index in [1.54, 1.807) is 0 Å². The van der Waals surface area contributed by atoms with Crippen LogP contribution < -0.4 is 5.32 Å². The van der Waals surface area contributed by atoms with Crippen molar-refractivity contribution in [1.29, 1.82) is 0 Å². The third-order valence-electron chi connectivity index (χ3n) is 4.32. The molecule has 0 amide bonds. The maximum absolute atomic E-state index is 3.75. The summed E-state index contributed by atoms with van der Waals surface area (Å²) in [5.74, 6) is 0.890. The molecule has 0 aromatic heterocycles. The molecule has 1 heteroatoms. The van der Waals surface area contributed by atoms with Crippen LogP contribution in [0, 0.1) is 5.92 Å². The first-order valence-electron chi connectivity index (χ1n) is 8.57. The van der Waals surface area contributed by atoms with Gasteiger partial charge in [-0.1, -0.05) is 63.9 Å². The Kier molecular flexibility index (Phi) is 9.40. The Morgan fingerprint density at radius 1 is 1.00 bits per heavy atom. The van der Waals surface area contributed by atoms with Crippen molar-refractivity contribution in [3.8, 4) is 0 Å². The third-order valence-corrected chi connectivity index (χ3v) is 4.32. The average molecular weight is 275 g/mol. The molecule has 0 heterocycles. The molecule has 0 aliphatic rings. The second-order valence-electron chi connectivity index (χ2n) is 5.95. The minimum atomic E-state index is 0.712. The van der Waals surface area contributed by atoms with Crippen LogP contribution >= 0.6 is 0 Å². The van der Waals surface area contributed by atoms with Gasteiger partial charge in [-0.15, -0.1) is 0 Å². The zero-order valence-electron chi connectivity index (χ0n) is 13.7. The lowest BCUT2D eigenvalue weighted by Crippen LogP contribution is -2.31. The lowest BCUT2D eigenvalue weighted by Gasteiger charge is -2.23. The molecule has 20 heavy (non-hydrogen) atoms. The molecule has 114 valence electrons. The number of nitrogens with one attached hydrogen (secondary N) is 1. The Morgan fingerprint density at radius 3 is 2.30 bits per heavy atom. The van der Waals surface area contributed by atoms with E-state index >= 15 is 0 Å². The minimum absolute atomic E-state index is 0.712. The SMILES string of the molecule is CCCNC(CCCc1ccccc1)CC(CC)CC. The van der Waals surface area contributed by atoms with Gasteiger partial charge in [0.2, 0.25) is 0 Å². The van der Waals surface area contributed by atoms with Gasteiger partial charge in [0.05, 0.1) is 0 Å². The van der Waals surface area contributed by atoms with Gasteiger partial charge in [0, 0.05) is 6.04 Å². The maximum Gasteiger partial charge on any atom is 0.00698 e. The van der Waals surface area contributed by atoms with Crippen LogP contribution in [0.4, 0.5) is 0 Å². The molecular formula is C19H33N. The van der Waals surface area contributed by atoms with Crippen molar-refractivity contribution in [2.24, 2.45) is 5.92 Å². The van der Waals surface area contributed by atoms with Crippen LogP contribution in [0.15, 0.2) is 30.3 Å². The molecule has 1 aromatic carbocycles. The van der Waals surface area contributed by atoms with Gasteiger partial charge in [0.1, 0.15) is 0 Å². The summed E-state index contributed by atoms with van der Waals surface area (Å²) in [7, 11) is 0. The van der Waals surface area contributed by atoms with Crippen molar-refractivity contribution in [1.82, 2.24) is 5.32 Å². The van der Waals surface area contributed by atoms with Gasteiger partial charge < -0.3 is 5.32 Å². The second kappa shape index (κ2) is 10.9. The van der Waals surface area contributed by atoms with Crippen LogP contribution in [0.3, 0.4) is 0 Å². The molecule has 0 saturated carbocycles. The Balaban J connectivity index is 2.35. The summed E-state index contributed by atoms with van der Waals surface area (Å²) in [5, 5.41) is 3.75. The molecule has 0 spiro atoms. The summed E-state index contributed by atoms with van der Waals surface area (Å²) in [5.41, 5.74) is 1.48. The predicted octanol–water partition coefficient (Wildman–Crippen LogP) is 5.20. The van der Waals surface area contributed by atoms with Crippen molar-refractivity contribution in [3.05, 3.63) is 35.9 Å². The van der Waals surface area contributed by atoms with E-state index in [0.717, 1.165) is 12.5 Å². The van der Waals surface area contributed by atoms with E-state index in [4.69, 9.17) is 0 Å². The van der Waals surface area contributed by atoms with Crippen molar-refractivity contribution in [2.75, 3.05) is 6.54 Å². The minimum Gasteiger partial charge on any atom is -0.314 e. The number of benzene rings is 1. The predicted molar refractivity (Wildman–Crippen MR) is 90.2 cm³/mol. The topological polar surface area (TPSA) is 12.0 Å². The van der Waals surface area contributed by atoms with E-state index < -0.39 is 0 Å². The zero-order valence-corrected chi connectivity index (χ0v) is 13.7. The van der Waals surface area contributed by atoms with Crippen LogP contribution in [0.5, 0.6) is 0 Å². The Hall–Kier alpha value is -0.820. The van der Waals surface area contributed by atoms with E-state index in [2.05, 4.69) is 56.4 Å². The van der Waals surface area contributed by atoms with Gasteiger partial charge >= 0.3 is 0 Å². The first kappa shape index (κ1) is 17.2. The fraction of sp³-hybridized carbons (Fsp3) is 0.684. The second-order valence-corrected chi connectivity index (χ2v) is 5.95. The summed E-state index contributed by atoms with van der Waals surface area (Å²) >= 11 is 0. The third kappa shape index (κ3) is 7.09. The normalized spacial score (nSPS) is 12.8. The summed E-state index contributed by atoms with van der Waals surface area (Å²) < 4.78 is 0. The van der Waals surface area contributed by atoms with E-state index in [9.17, 15) is 0 Å². The van der Waals surface area contributed by atoms with Gasteiger partial charge in [-0.25, -0.2) is 0 Å². The number of hydrogen-bond donors (Lipinski definition) is 1. The molecule has 0 radical (unpaired) electrons. The maximum atomic E-state index is 3.75. The van der Waals surface area contributed by atoms with E-state index in [0.29, 0.717) is 6.04 Å². The van der Waals surface area contributed by atoms with E-state index in [-0.39, 0.29) is 0 Å². The molecule has 0 fully saturated rings. The lowest BCUT2D eigenvalue weighted by atomic mass is 9.91. The van der Waals surface area contributed by atoms with Gasteiger partial charge in [-0.05, 0) is 50.1 Å². The largest absolute Gasteiger partial charge is 0.314 e. The smallest absolute Gasteiger partial charge is 0.00698 e. The molecule has 1 atom stereocenters. The Morgan fingerprint density at radius 2 is 1.70 bits per heavy atom. The molecule has 1 rings (SSSR count). The molecule has 1 nitrogen and oxygen atoms in total. The monoisotopic (exact) mass is 275 g/mol. The first-order valence-corrected chi connectivity index (χ1v) is 8.57. The van der Waals surface area contributed by atoms with Gasteiger partial charge in [-0.3, -0.25) is 0 Å². The summed E-state index contributed by atoms with van der Waals surface area (Å²) in [6.45, 7) is 8.07. The van der Waals surface area contributed by atoms with Crippen LogP contribution in [0.25, 0.3) is 0 Å². The standard InChI is InChI=1S/C19H33N/c1-4-15-20-19(16-17(5-2)6-3)14-10-13-18-11-8-7-9-12-18/h7-9,11-12,17,19-20H,4-6,10,13-16H2,1-3H3. The van der Waals surface area contributed by atoms with Crippen molar-refractivity contribution in [3.63, 3.8) is 0 Å². The lowest BCUT2D eigenvalue weighted by molar-refractivity contribution is 0.347. The van der Waals surface area contributed by atoms with Crippen molar-refractivity contribution in [2.45, 2.75) is 71.8 Å². The molecular weight excluding hydrogens is 242 g/mol. The van der Waals surface area contributed by atoms with Crippen LogP contribution in [-0.2, 0) is 6.42 Å². The fourth-order valence-corrected chi connectivity index (χ4v) is 2.87. The van der Waals surface area contributed by atoms with E-state index in [1.807, 2.05) is 0 Å². The molecule has 0 aliphatic carbocycles. The molecule has 1 unspecified atom stereocenters. The van der Waals surface area contributed by atoms with Crippen LogP contribution in [0.1, 0.15) is 64.9 Å². The average Bonchev–Trinajstić information content (AvgIpc) is 2.50. The first-order chi connectivity index (χ1) is 9.80. The molecule has 1 aromatic rings. The van der Waals surface area contributed by atoms with Gasteiger partial charge in [-0.2, -0.15) is 0 Å². The fourth-order valence-electron chi connectivity index (χ4n) is 2.87. The number of rotatable bonds is 11. The molecule has 1 N–H and O–H groups in total. The Labute approximate surface area is 126 Å². The van der Waals surface area contributed by atoms with Crippen molar-refractivity contribution < 1.29 is 0 Å². The van der Waals surface area contributed by atoms with Gasteiger partial charge in [0.15, 0.2) is 0 Å². The summed E-state index contributed by atoms with van der Waals surface area (Å²) in [4.78, 5) is 0. The Bertz CT molecular complexity index is 316. The highest BCUT2D eigenvalue weighted by Crippen LogP contribution is 2.18. The van der Waals surface area contributed by atoms with Crippen molar-refractivity contribution >= 4 is 0 Å². The number of aryl methyl sites for hydroxylation is 1. The number of hydrogen-bond acceptors (Lipinski definition) is 1. The summed E-state index contributed by atoms with van der Waals surface area (Å²) in [6, 6.07) is 11.6. The van der Waals surface area contributed by atoms with Crippen LogP contribution in [0.2, 0.25) is 0 Å². The van der Waals surface area contributed by atoms with Gasteiger partial charge in [0.25, 0.3) is 0 Å². The molecule has 0 saturated heterocycles. The highest BCUT2D eigenvalue weighted by Gasteiger charge is 2.13. The highest BCUT2D eigenvalue weighted by molar-refractivity contribution is 5.14. The summed E-state index contributed by atoms with van der Waals surface area (Å²) in [6.07, 6.45) is 9.05. The quantitative estimate of drug-likeness (QED) is 0.585. The van der Waals surface area contributed by atoms with E-state index in [1.165, 1.54) is 50.5 Å². The highest BCUT2D eigenvalue weighted by atomic mass is 14.9. The molecule has 0 bridgehead atoms.